The van der Waals surface area contributed by atoms with Crippen LogP contribution >= 0.6 is 0 Å². The summed E-state index contributed by atoms with van der Waals surface area (Å²) in [7, 11) is -7.66. The Balaban J connectivity index is 2.10. The third-order valence-corrected chi connectivity index (χ3v) is 7.03. The predicted molar refractivity (Wildman–Crippen MR) is 108 cm³/mol. The SMILES string of the molecule is Cc1ccc(S(=O)(=O)NCc2ccc(CS(=O)(=O)NC(C)C)cc2)cc1C(F)(F)F. The van der Waals surface area contributed by atoms with Crippen molar-refractivity contribution in [2.24, 2.45) is 0 Å². The van der Waals surface area contributed by atoms with E-state index in [1.54, 1.807) is 38.1 Å². The molecule has 0 radical (unpaired) electrons. The van der Waals surface area contributed by atoms with Crippen molar-refractivity contribution in [1.82, 2.24) is 9.44 Å². The zero-order chi connectivity index (χ0) is 22.7. The van der Waals surface area contributed by atoms with E-state index in [1.165, 1.54) is 6.92 Å². The van der Waals surface area contributed by atoms with Crippen molar-refractivity contribution in [3.63, 3.8) is 0 Å². The predicted octanol–water partition coefficient (Wildman–Crippen LogP) is 3.32. The highest BCUT2D eigenvalue weighted by Crippen LogP contribution is 2.33. The summed E-state index contributed by atoms with van der Waals surface area (Å²) in [6, 6.07) is 8.81. The maximum absolute atomic E-state index is 13.0. The molecule has 30 heavy (non-hydrogen) atoms. The van der Waals surface area contributed by atoms with Crippen molar-refractivity contribution in [3.8, 4) is 0 Å². The summed E-state index contributed by atoms with van der Waals surface area (Å²) in [4.78, 5) is -0.483. The molecule has 0 amide bonds. The van der Waals surface area contributed by atoms with Gasteiger partial charge in [0.15, 0.2) is 0 Å². The van der Waals surface area contributed by atoms with Gasteiger partial charge < -0.3 is 0 Å². The Morgan fingerprint density at radius 1 is 0.933 bits per heavy atom. The number of benzene rings is 2. The molecule has 11 heteroatoms. The second kappa shape index (κ2) is 9.04. The Labute approximate surface area is 174 Å². The normalized spacial score (nSPS) is 13.0. The van der Waals surface area contributed by atoms with E-state index in [0.717, 1.165) is 12.1 Å². The van der Waals surface area contributed by atoms with Crippen LogP contribution in [0.4, 0.5) is 13.2 Å². The molecule has 0 bridgehead atoms. The molecule has 0 aliphatic carbocycles. The van der Waals surface area contributed by atoms with Crippen molar-refractivity contribution < 1.29 is 30.0 Å². The van der Waals surface area contributed by atoms with Gasteiger partial charge in [0, 0.05) is 12.6 Å². The fourth-order valence-corrected chi connectivity index (χ4v) is 5.19. The van der Waals surface area contributed by atoms with Gasteiger partial charge in [0.25, 0.3) is 0 Å². The first-order chi connectivity index (χ1) is 13.7. The van der Waals surface area contributed by atoms with Crippen LogP contribution in [0.1, 0.15) is 36.1 Å². The fraction of sp³-hybridized carbons (Fsp3) is 0.368. The van der Waals surface area contributed by atoms with E-state index in [0.29, 0.717) is 17.2 Å². The van der Waals surface area contributed by atoms with Gasteiger partial charge in [0.1, 0.15) is 0 Å². The molecule has 0 saturated heterocycles. The van der Waals surface area contributed by atoms with Gasteiger partial charge in [-0.05, 0) is 49.6 Å². The summed E-state index contributed by atoms with van der Waals surface area (Å²) >= 11 is 0. The number of aryl methyl sites for hydroxylation is 1. The molecule has 0 aliphatic rings. The molecule has 0 unspecified atom stereocenters. The van der Waals surface area contributed by atoms with E-state index >= 15 is 0 Å². The largest absolute Gasteiger partial charge is 0.416 e. The molecule has 2 N–H and O–H groups in total. The van der Waals surface area contributed by atoms with E-state index in [9.17, 15) is 30.0 Å². The topological polar surface area (TPSA) is 92.3 Å². The quantitative estimate of drug-likeness (QED) is 0.627. The van der Waals surface area contributed by atoms with Crippen LogP contribution in [0.2, 0.25) is 0 Å². The molecule has 2 aromatic carbocycles. The van der Waals surface area contributed by atoms with Gasteiger partial charge in [-0.25, -0.2) is 26.3 Å². The molecule has 0 fully saturated rings. The number of rotatable bonds is 8. The molecule has 6 nitrogen and oxygen atoms in total. The number of hydrogen-bond acceptors (Lipinski definition) is 4. The van der Waals surface area contributed by atoms with Crippen LogP contribution in [0.15, 0.2) is 47.4 Å². The van der Waals surface area contributed by atoms with Crippen LogP contribution in [0.3, 0.4) is 0 Å². The van der Waals surface area contributed by atoms with Crippen LogP contribution < -0.4 is 9.44 Å². The van der Waals surface area contributed by atoms with Crippen molar-refractivity contribution in [1.29, 1.82) is 0 Å². The number of alkyl halides is 3. The summed E-state index contributed by atoms with van der Waals surface area (Å²) in [5, 5.41) is 0. The highest BCUT2D eigenvalue weighted by Gasteiger charge is 2.33. The number of sulfonamides is 2. The average Bonchev–Trinajstić information content (AvgIpc) is 2.59. The maximum atomic E-state index is 13.0. The number of halogens is 3. The van der Waals surface area contributed by atoms with E-state index in [-0.39, 0.29) is 23.9 Å². The van der Waals surface area contributed by atoms with Crippen LogP contribution in [-0.2, 0) is 38.5 Å². The molecule has 0 saturated carbocycles. The Morgan fingerprint density at radius 3 is 2.03 bits per heavy atom. The van der Waals surface area contributed by atoms with Gasteiger partial charge in [0.2, 0.25) is 20.0 Å². The van der Waals surface area contributed by atoms with Crippen molar-refractivity contribution >= 4 is 20.0 Å². The van der Waals surface area contributed by atoms with Gasteiger partial charge in [-0.15, -0.1) is 0 Å². The van der Waals surface area contributed by atoms with E-state index in [4.69, 9.17) is 0 Å². The first-order valence-corrected chi connectivity index (χ1v) is 12.1. The Hall–Kier alpha value is -1.95. The minimum absolute atomic E-state index is 0.0704. The molecule has 0 aromatic heterocycles. The lowest BCUT2D eigenvalue weighted by molar-refractivity contribution is -0.138. The van der Waals surface area contributed by atoms with Crippen LogP contribution in [-0.4, -0.2) is 22.9 Å². The molecular formula is C19H23F3N2O4S2. The molecule has 2 aromatic rings. The molecular weight excluding hydrogens is 441 g/mol. The lowest BCUT2D eigenvalue weighted by Crippen LogP contribution is -2.31. The van der Waals surface area contributed by atoms with Gasteiger partial charge in [-0.1, -0.05) is 30.3 Å². The maximum Gasteiger partial charge on any atom is 0.416 e. The van der Waals surface area contributed by atoms with Crippen molar-refractivity contribution in [2.75, 3.05) is 0 Å². The van der Waals surface area contributed by atoms with E-state index in [1.807, 2.05) is 0 Å². The third-order valence-electron chi connectivity index (χ3n) is 4.09. The van der Waals surface area contributed by atoms with Gasteiger partial charge in [-0.2, -0.15) is 13.2 Å². The third kappa shape index (κ3) is 6.79. The smallest absolute Gasteiger partial charge is 0.212 e. The summed E-state index contributed by atoms with van der Waals surface area (Å²) in [6.07, 6.45) is -4.66. The van der Waals surface area contributed by atoms with Gasteiger partial charge in [-0.3, -0.25) is 0 Å². The fourth-order valence-electron chi connectivity index (χ4n) is 2.71. The molecule has 0 spiro atoms. The summed E-state index contributed by atoms with van der Waals surface area (Å²) in [6.45, 7) is 4.51. The highest BCUT2D eigenvalue weighted by molar-refractivity contribution is 7.89. The highest BCUT2D eigenvalue weighted by atomic mass is 32.2. The number of hydrogen-bond donors (Lipinski definition) is 2. The first kappa shape index (κ1) is 24.3. The zero-order valence-electron chi connectivity index (χ0n) is 16.6. The second-order valence-electron chi connectivity index (χ2n) is 7.15. The Kier molecular flexibility index (Phi) is 7.33. The van der Waals surface area contributed by atoms with Gasteiger partial charge >= 0.3 is 6.18 Å². The minimum Gasteiger partial charge on any atom is -0.212 e. The monoisotopic (exact) mass is 464 g/mol. The molecule has 0 aliphatic heterocycles. The van der Waals surface area contributed by atoms with Crippen LogP contribution in [0.25, 0.3) is 0 Å². The summed E-state index contributed by atoms with van der Waals surface area (Å²) < 4.78 is 92.5. The van der Waals surface area contributed by atoms with Crippen molar-refractivity contribution in [3.05, 3.63) is 64.7 Å². The lowest BCUT2D eigenvalue weighted by Gasteiger charge is -2.13. The molecule has 166 valence electrons. The Morgan fingerprint density at radius 2 is 1.50 bits per heavy atom. The lowest BCUT2D eigenvalue weighted by atomic mass is 10.1. The van der Waals surface area contributed by atoms with E-state index in [2.05, 4.69) is 9.44 Å². The standard InChI is InChI=1S/C19H23F3N2O4S2/c1-13(2)24-29(25,26)12-16-7-5-15(6-8-16)11-23-30(27,28)17-9-4-14(3)18(10-17)19(20,21)22/h4-10,13,23-24H,11-12H2,1-3H3. The van der Waals surface area contributed by atoms with Crippen LogP contribution in [0.5, 0.6) is 0 Å². The first-order valence-electron chi connectivity index (χ1n) is 8.95. The van der Waals surface area contributed by atoms with E-state index < -0.39 is 36.7 Å². The number of nitrogens with one attached hydrogen (secondary N) is 2. The summed E-state index contributed by atoms with van der Waals surface area (Å²) in [5.41, 5.74) is -0.0345. The van der Waals surface area contributed by atoms with Gasteiger partial charge in [0.05, 0.1) is 16.2 Å². The van der Waals surface area contributed by atoms with Crippen molar-refractivity contribution in [2.45, 2.75) is 50.2 Å². The Bertz CT molecular complexity index is 1100. The molecule has 0 atom stereocenters. The summed E-state index contributed by atoms with van der Waals surface area (Å²) in [5.74, 6) is -0.221. The second-order valence-corrected chi connectivity index (χ2v) is 10.7. The molecule has 2 rings (SSSR count). The average molecular weight is 465 g/mol. The molecule has 0 heterocycles. The zero-order valence-corrected chi connectivity index (χ0v) is 18.2. The van der Waals surface area contributed by atoms with Crippen LogP contribution in [0, 0.1) is 6.92 Å². The minimum atomic E-state index is -4.66.